The number of hydrogen-bond acceptors (Lipinski definition) is 8. The highest BCUT2D eigenvalue weighted by molar-refractivity contribution is 5.91. The molecular weight excluding hydrogens is 300 g/mol. The summed E-state index contributed by atoms with van der Waals surface area (Å²) in [5.41, 5.74) is 6.03. The van der Waals surface area contributed by atoms with Crippen LogP contribution in [0.25, 0.3) is 10.9 Å². The molecule has 0 atom stereocenters. The van der Waals surface area contributed by atoms with Gasteiger partial charge in [0, 0.05) is 24.4 Å². The molecular formula is C14H18N6O3. The molecule has 1 aromatic heterocycles. The van der Waals surface area contributed by atoms with Crippen LogP contribution in [0.15, 0.2) is 17.4 Å². The number of fused-ring (bicyclic) bond motifs is 1. The van der Waals surface area contributed by atoms with Crippen LogP contribution in [-0.2, 0) is 0 Å². The number of piperazine rings is 1. The zero-order valence-corrected chi connectivity index (χ0v) is 12.2. The number of hydrogen-bond donors (Lipinski definition) is 1. The van der Waals surface area contributed by atoms with Gasteiger partial charge < -0.3 is 20.1 Å². The first kappa shape index (κ1) is 8.14. The first-order valence-electron chi connectivity index (χ1n) is 10.3. The molecule has 9 nitrogen and oxygen atoms in total. The molecule has 2 aromatic rings. The highest BCUT2D eigenvalue weighted by atomic mass is 16.5. The van der Waals surface area contributed by atoms with Crippen molar-refractivity contribution >= 4 is 22.7 Å². The summed E-state index contributed by atoms with van der Waals surface area (Å²) in [5.74, 6) is -0.456. The van der Waals surface area contributed by atoms with Gasteiger partial charge in [-0.05, 0) is 6.07 Å². The quantitative estimate of drug-likeness (QED) is 0.830. The van der Waals surface area contributed by atoms with Gasteiger partial charge in [-0.25, -0.2) is 4.98 Å². The van der Waals surface area contributed by atoms with Crippen molar-refractivity contribution in [2.45, 2.75) is 0 Å². The summed E-state index contributed by atoms with van der Waals surface area (Å²) in [6.45, 7) is -13.5. The highest BCUT2D eigenvalue weighted by Crippen LogP contribution is 2.34. The molecule has 0 unspecified atom stereocenters. The van der Waals surface area contributed by atoms with Crippen molar-refractivity contribution in [3.05, 3.63) is 17.0 Å². The van der Waals surface area contributed by atoms with Crippen LogP contribution in [0.3, 0.4) is 0 Å². The van der Waals surface area contributed by atoms with E-state index in [0.717, 1.165) is 0 Å². The van der Waals surface area contributed by atoms with E-state index in [1.54, 1.807) is 0 Å². The van der Waals surface area contributed by atoms with Gasteiger partial charge in [0.1, 0.15) is 5.82 Å². The number of aromatic nitrogens is 2. The number of rotatable bonds is 4. The van der Waals surface area contributed by atoms with E-state index >= 15 is 0 Å². The van der Waals surface area contributed by atoms with Gasteiger partial charge in [-0.3, -0.25) is 5.01 Å². The number of ether oxygens (including phenoxy) is 2. The lowest BCUT2D eigenvalue weighted by Gasteiger charge is -2.31. The van der Waals surface area contributed by atoms with Crippen molar-refractivity contribution in [1.82, 2.24) is 15.0 Å². The van der Waals surface area contributed by atoms with E-state index in [-0.39, 0.29) is 27.4 Å². The van der Waals surface area contributed by atoms with Gasteiger partial charge in [-0.1, -0.05) is 0 Å². The Balaban J connectivity index is 2.32. The van der Waals surface area contributed by atoms with E-state index in [4.69, 9.17) is 26.2 Å². The maximum atomic E-state index is 11.1. The van der Waals surface area contributed by atoms with E-state index in [2.05, 4.69) is 15.3 Å². The van der Waals surface area contributed by atoms with Gasteiger partial charge in [0.2, 0.25) is 5.95 Å². The Hall–Kier alpha value is -2.84. The fraction of sp³-hybridized carbons (Fsp3) is 0.429. The molecule has 1 aliphatic rings. The molecule has 3 rings (SSSR count). The maximum Gasteiger partial charge on any atom is 0.228 e. The summed E-state index contributed by atoms with van der Waals surface area (Å²) < 4.78 is 75.2. The third kappa shape index (κ3) is 2.77. The van der Waals surface area contributed by atoms with Crippen LogP contribution >= 0.6 is 0 Å². The summed E-state index contributed by atoms with van der Waals surface area (Å²) in [4.78, 5) is 19.2. The minimum atomic E-state index is -3.41. The van der Waals surface area contributed by atoms with Crippen LogP contribution in [0.2, 0.25) is 0 Å². The fourth-order valence-corrected chi connectivity index (χ4v) is 1.96. The van der Waals surface area contributed by atoms with Crippen molar-refractivity contribution in [1.29, 1.82) is 0 Å². The monoisotopic (exact) mass is 326 g/mol. The Morgan fingerprint density at radius 1 is 1.17 bits per heavy atom. The Morgan fingerprint density at radius 2 is 1.83 bits per heavy atom. The predicted octanol–water partition coefficient (Wildman–Crippen LogP) is 1.03. The Kier molecular flexibility index (Phi) is 2.16. The molecule has 0 bridgehead atoms. The summed E-state index contributed by atoms with van der Waals surface area (Å²) in [7, 11) is 2.75. The van der Waals surface area contributed by atoms with E-state index in [1.165, 1.54) is 26.4 Å². The number of nitrogens with zero attached hydrogens (tertiary/aromatic N) is 5. The van der Waals surface area contributed by atoms with Gasteiger partial charge in [-0.2, -0.15) is 4.98 Å². The number of nitrogens with two attached hydrogens (primary N) is 1. The average molecular weight is 326 g/mol. The van der Waals surface area contributed by atoms with E-state index in [1.807, 2.05) is 0 Å². The van der Waals surface area contributed by atoms with E-state index < -0.39 is 36.9 Å². The summed E-state index contributed by atoms with van der Waals surface area (Å²) in [6, 6.07) is 2.82. The molecule has 1 aromatic carbocycles. The highest BCUT2D eigenvalue weighted by Gasteiger charge is 2.20. The van der Waals surface area contributed by atoms with Crippen LogP contribution in [0, 0.1) is 4.91 Å². The first-order chi connectivity index (χ1) is 14.2. The summed E-state index contributed by atoms with van der Waals surface area (Å²) in [5, 5.41) is 2.04. The lowest BCUT2D eigenvalue weighted by molar-refractivity contribution is 0.265. The van der Waals surface area contributed by atoms with Gasteiger partial charge in [-0.15, -0.1) is 4.91 Å². The zero-order chi connectivity index (χ0) is 23.6. The number of nitrogen functional groups attached to an aromatic ring is 1. The van der Waals surface area contributed by atoms with Crippen LogP contribution in [-0.4, -0.2) is 55.2 Å². The van der Waals surface area contributed by atoms with Crippen molar-refractivity contribution in [2.24, 2.45) is 5.29 Å². The number of benzene rings is 1. The minimum Gasteiger partial charge on any atom is -0.493 e. The van der Waals surface area contributed by atoms with Gasteiger partial charge >= 0.3 is 0 Å². The zero-order valence-electron chi connectivity index (χ0n) is 20.2. The SMILES string of the molecule is [2H]C1([2H])N(N=O)C([2H])([2H])C([2H])([2H])N(c2nc(N)c3cc(OC)c(OC)cc3n2)C1([2H])[2H]. The topological polar surface area (TPSA) is 106 Å². The normalized spacial score (nSPS) is 28.8. The maximum absolute atomic E-state index is 11.1. The lowest BCUT2D eigenvalue weighted by Crippen LogP contribution is -2.44. The van der Waals surface area contributed by atoms with Gasteiger partial charge in [0.15, 0.2) is 11.5 Å². The second-order valence-corrected chi connectivity index (χ2v) is 4.31. The minimum absolute atomic E-state index is 0.0730. The van der Waals surface area contributed by atoms with Crippen LogP contribution in [0.1, 0.15) is 11.0 Å². The molecule has 9 heteroatoms. The first-order valence-corrected chi connectivity index (χ1v) is 6.31. The Labute approximate surface area is 144 Å². The molecule has 0 aliphatic carbocycles. The van der Waals surface area contributed by atoms with Crippen molar-refractivity contribution in [3.8, 4) is 11.5 Å². The standard InChI is InChI=1S/C14H18N6O3/c1-22-11-7-9-10(8-12(11)23-2)16-14(17-13(9)15)19-3-5-20(18-21)6-4-19/h7-8H,3-6H2,1-2H3,(H2,15,16,17)/i3D2,4D2,5D2,6D2. The van der Waals surface area contributed by atoms with Crippen molar-refractivity contribution in [3.63, 3.8) is 0 Å². The molecule has 2 N–H and O–H groups in total. The number of anilines is 2. The molecule has 2 heterocycles. The van der Waals surface area contributed by atoms with Crippen molar-refractivity contribution in [2.75, 3.05) is 50.8 Å². The Morgan fingerprint density at radius 3 is 2.43 bits per heavy atom. The second-order valence-electron chi connectivity index (χ2n) is 4.31. The molecule has 1 saturated heterocycles. The molecule has 0 radical (unpaired) electrons. The van der Waals surface area contributed by atoms with Crippen LogP contribution in [0.4, 0.5) is 11.8 Å². The molecule has 0 saturated carbocycles. The largest absolute Gasteiger partial charge is 0.493 e. The predicted molar refractivity (Wildman–Crippen MR) is 86.6 cm³/mol. The van der Waals surface area contributed by atoms with E-state index in [0.29, 0.717) is 5.75 Å². The van der Waals surface area contributed by atoms with Crippen LogP contribution < -0.4 is 20.1 Å². The third-order valence-corrected chi connectivity index (χ3v) is 3.04. The smallest absolute Gasteiger partial charge is 0.228 e. The van der Waals surface area contributed by atoms with Gasteiger partial charge in [0.25, 0.3) is 0 Å². The Bertz CT molecular complexity index is 1020. The fourth-order valence-electron chi connectivity index (χ4n) is 1.96. The number of methoxy groups -OCH3 is 2. The second kappa shape index (κ2) is 6.11. The summed E-state index contributed by atoms with van der Waals surface area (Å²) in [6.07, 6.45) is 0. The number of nitroso groups, excluding NO2 is 1. The molecule has 122 valence electrons. The summed E-state index contributed by atoms with van der Waals surface area (Å²) >= 11 is 0. The van der Waals surface area contributed by atoms with E-state index in [9.17, 15) is 4.91 Å². The molecule has 23 heavy (non-hydrogen) atoms. The average Bonchev–Trinajstić information content (AvgIpc) is 2.65. The molecule has 0 spiro atoms. The molecule has 0 amide bonds. The third-order valence-electron chi connectivity index (χ3n) is 3.04. The van der Waals surface area contributed by atoms with Crippen molar-refractivity contribution < 1.29 is 20.4 Å². The molecule has 1 aliphatic heterocycles. The van der Waals surface area contributed by atoms with Crippen LogP contribution in [0.5, 0.6) is 11.5 Å². The van der Waals surface area contributed by atoms with Gasteiger partial charge in [0.05, 0.1) is 49.0 Å². The molecule has 1 fully saturated rings. The lowest BCUT2D eigenvalue weighted by atomic mass is 10.2.